The summed E-state index contributed by atoms with van der Waals surface area (Å²) in [4.78, 5) is 24.8. The van der Waals surface area contributed by atoms with Gasteiger partial charge in [-0.3, -0.25) is 14.3 Å². The number of nitrogens with zero attached hydrogens (tertiary/aromatic N) is 2. The maximum atomic E-state index is 13.4. The molecule has 1 aromatic carbocycles. The third-order valence-corrected chi connectivity index (χ3v) is 2.71. The van der Waals surface area contributed by atoms with E-state index in [0.29, 0.717) is 12.0 Å². The zero-order chi connectivity index (χ0) is 13.8. The smallest absolute Gasteiger partial charge is 0.299 e. The fraction of sp³-hybridized carbons (Fsp3) is 0.154. The fourth-order valence-corrected chi connectivity index (χ4v) is 1.70. The first-order valence-corrected chi connectivity index (χ1v) is 5.59. The maximum absolute atomic E-state index is 13.4. The lowest BCUT2D eigenvalue weighted by molar-refractivity contribution is 0.583. The van der Waals surface area contributed by atoms with Gasteiger partial charge in [0.15, 0.2) is 0 Å². The van der Waals surface area contributed by atoms with Crippen LogP contribution in [0.1, 0.15) is 11.1 Å². The molecule has 1 heterocycles. The Morgan fingerprint density at radius 3 is 2.74 bits per heavy atom. The van der Waals surface area contributed by atoms with Gasteiger partial charge in [0.1, 0.15) is 17.4 Å². The number of nitrogens with one attached hydrogen (secondary N) is 1. The van der Waals surface area contributed by atoms with Crippen LogP contribution < -0.4 is 11.2 Å². The van der Waals surface area contributed by atoms with E-state index in [0.717, 1.165) is 0 Å². The number of aryl methyl sites for hydroxylation is 2. The number of aromatic nitrogens is 2. The molecule has 0 bridgehead atoms. The van der Waals surface area contributed by atoms with E-state index in [1.54, 1.807) is 24.3 Å². The van der Waals surface area contributed by atoms with Crippen LogP contribution >= 0.6 is 0 Å². The zero-order valence-electron chi connectivity index (χ0n) is 9.89. The molecular formula is C13H10FN3O2. The van der Waals surface area contributed by atoms with Crippen LogP contribution in [-0.4, -0.2) is 9.55 Å². The highest BCUT2D eigenvalue weighted by molar-refractivity contribution is 5.22. The molecule has 0 spiro atoms. The maximum Gasteiger partial charge on any atom is 0.328 e. The standard InChI is InChI=1S/C13H10FN3O2/c14-11-4-2-1-3-9(11)5-6-17-8-10(7-15)12(18)16-13(17)19/h1-4,8H,5-6H2,(H,16,18,19). The highest BCUT2D eigenvalue weighted by Gasteiger charge is 2.05. The molecule has 2 rings (SSSR count). The molecule has 0 aliphatic heterocycles. The molecule has 19 heavy (non-hydrogen) atoms. The van der Waals surface area contributed by atoms with Crippen molar-refractivity contribution in [1.29, 1.82) is 5.26 Å². The molecule has 0 atom stereocenters. The fourth-order valence-electron chi connectivity index (χ4n) is 1.70. The monoisotopic (exact) mass is 259 g/mol. The topological polar surface area (TPSA) is 78.7 Å². The highest BCUT2D eigenvalue weighted by atomic mass is 19.1. The molecule has 5 nitrogen and oxygen atoms in total. The van der Waals surface area contributed by atoms with Crippen molar-refractivity contribution in [3.8, 4) is 6.07 Å². The molecule has 0 radical (unpaired) electrons. The number of hydrogen-bond acceptors (Lipinski definition) is 3. The molecule has 1 aromatic heterocycles. The molecule has 0 fully saturated rings. The van der Waals surface area contributed by atoms with E-state index in [2.05, 4.69) is 0 Å². The number of rotatable bonds is 3. The van der Waals surface area contributed by atoms with Crippen molar-refractivity contribution in [3.05, 3.63) is 68.2 Å². The molecule has 0 amide bonds. The largest absolute Gasteiger partial charge is 0.328 e. The first-order chi connectivity index (χ1) is 9.11. The number of benzene rings is 1. The van der Waals surface area contributed by atoms with Gasteiger partial charge in [0.05, 0.1) is 0 Å². The lowest BCUT2D eigenvalue weighted by Gasteiger charge is -2.06. The summed E-state index contributed by atoms with van der Waals surface area (Å²) in [5.74, 6) is -0.347. The average molecular weight is 259 g/mol. The lowest BCUT2D eigenvalue weighted by Crippen LogP contribution is -2.31. The Morgan fingerprint density at radius 2 is 2.05 bits per heavy atom. The number of halogens is 1. The van der Waals surface area contributed by atoms with E-state index >= 15 is 0 Å². The first kappa shape index (κ1) is 12.8. The average Bonchev–Trinajstić information content (AvgIpc) is 2.39. The zero-order valence-corrected chi connectivity index (χ0v) is 9.89. The quantitative estimate of drug-likeness (QED) is 0.885. The predicted molar refractivity (Wildman–Crippen MR) is 66.1 cm³/mol. The highest BCUT2D eigenvalue weighted by Crippen LogP contribution is 2.07. The summed E-state index contributed by atoms with van der Waals surface area (Å²) in [6.07, 6.45) is 1.48. The minimum absolute atomic E-state index is 0.145. The Morgan fingerprint density at radius 1 is 1.32 bits per heavy atom. The van der Waals surface area contributed by atoms with E-state index in [1.807, 2.05) is 4.98 Å². The molecule has 96 valence electrons. The van der Waals surface area contributed by atoms with Crippen LogP contribution in [0.2, 0.25) is 0 Å². The normalized spacial score (nSPS) is 10.1. The van der Waals surface area contributed by atoms with Gasteiger partial charge in [-0.1, -0.05) is 18.2 Å². The van der Waals surface area contributed by atoms with Crippen molar-refractivity contribution in [2.45, 2.75) is 13.0 Å². The first-order valence-electron chi connectivity index (χ1n) is 5.59. The van der Waals surface area contributed by atoms with Crippen LogP contribution in [-0.2, 0) is 13.0 Å². The molecule has 6 heteroatoms. The van der Waals surface area contributed by atoms with Crippen LogP contribution in [0.3, 0.4) is 0 Å². The van der Waals surface area contributed by atoms with Crippen molar-refractivity contribution in [3.63, 3.8) is 0 Å². The van der Waals surface area contributed by atoms with Crippen molar-refractivity contribution < 1.29 is 4.39 Å². The Labute approximate surface area is 107 Å². The van der Waals surface area contributed by atoms with Gasteiger partial charge in [-0.2, -0.15) is 5.26 Å². The molecule has 0 saturated carbocycles. The van der Waals surface area contributed by atoms with Crippen LogP contribution in [0.15, 0.2) is 40.1 Å². The molecule has 0 aliphatic carbocycles. The Kier molecular flexibility index (Phi) is 3.57. The summed E-state index contributed by atoms with van der Waals surface area (Å²) in [7, 11) is 0. The SMILES string of the molecule is N#Cc1cn(CCc2ccccc2F)c(=O)[nH]c1=O. The van der Waals surface area contributed by atoms with Gasteiger partial charge in [0.2, 0.25) is 0 Å². The molecule has 1 N–H and O–H groups in total. The number of hydrogen-bond donors (Lipinski definition) is 1. The third-order valence-electron chi connectivity index (χ3n) is 2.71. The van der Waals surface area contributed by atoms with E-state index in [1.165, 1.54) is 16.8 Å². The number of nitriles is 1. The van der Waals surface area contributed by atoms with Crippen LogP contribution in [0.5, 0.6) is 0 Å². The van der Waals surface area contributed by atoms with Crippen molar-refractivity contribution >= 4 is 0 Å². The Hall–Kier alpha value is -2.68. The third kappa shape index (κ3) is 2.77. The Balaban J connectivity index is 2.26. The molecule has 0 unspecified atom stereocenters. The van der Waals surface area contributed by atoms with Gasteiger partial charge in [0.25, 0.3) is 5.56 Å². The van der Waals surface area contributed by atoms with E-state index < -0.39 is 11.2 Å². The van der Waals surface area contributed by atoms with Gasteiger partial charge in [-0.15, -0.1) is 0 Å². The van der Waals surface area contributed by atoms with E-state index in [-0.39, 0.29) is 17.9 Å². The van der Waals surface area contributed by atoms with Crippen molar-refractivity contribution in [1.82, 2.24) is 9.55 Å². The predicted octanol–water partition coefficient (Wildman–Crippen LogP) is 0.790. The summed E-state index contributed by atoms with van der Waals surface area (Å²) in [5.41, 5.74) is -0.998. The summed E-state index contributed by atoms with van der Waals surface area (Å²) >= 11 is 0. The number of H-pyrrole nitrogens is 1. The summed E-state index contributed by atoms with van der Waals surface area (Å²) in [5, 5.41) is 8.72. The second-order valence-electron chi connectivity index (χ2n) is 3.95. The van der Waals surface area contributed by atoms with Gasteiger partial charge in [-0.05, 0) is 18.1 Å². The molecule has 2 aromatic rings. The van der Waals surface area contributed by atoms with Crippen LogP contribution in [0.4, 0.5) is 4.39 Å². The minimum Gasteiger partial charge on any atom is -0.299 e. The molecule has 0 aliphatic rings. The summed E-state index contributed by atoms with van der Waals surface area (Å²) in [6.45, 7) is 0.186. The van der Waals surface area contributed by atoms with Gasteiger partial charge >= 0.3 is 5.69 Å². The minimum atomic E-state index is -0.713. The van der Waals surface area contributed by atoms with Crippen LogP contribution in [0.25, 0.3) is 0 Å². The van der Waals surface area contributed by atoms with Gasteiger partial charge in [0, 0.05) is 12.7 Å². The van der Waals surface area contributed by atoms with E-state index in [9.17, 15) is 14.0 Å². The van der Waals surface area contributed by atoms with E-state index in [4.69, 9.17) is 5.26 Å². The lowest BCUT2D eigenvalue weighted by atomic mass is 10.1. The van der Waals surface area contributed by atoms with Crippen molar-refractivity contribution in [2.75, 3.05) is 0 Å². The van der Waals surface area contributed by atoms with Crippen LogP contribution in [0, 0.1) is 17.1 Å². The van der Waals surface area contributed by atoms with Gasteiger partial charge < -0.3 is 0 Å². The summed E-state index contributed by atoms with van der Waals surface area (Å²) in [6, 6.07) is 7.94. The number of aromatic amines is 1. The molecular weight excluding hydrogens is 249 g/mol. The Bertz CT molecular complexity index is 755. The second-order valence-corrected chi connectivity index (χ2v) is 3.95. The summed E-state index contributed by atoms with van der Waals surface area (Å²) < 4.78 is 14.6. The van der Waals surface area contributed by atoms with Crippen molar-refractivity contribution in [2.24, 2.45) is 0 Å². The van der Waals surface area contributed by atoms with Gasteiger partial charge in [-0.25, -0.2) is 9.18 Å². The molecule has 0 saturated heterocycles. The second kappa shape index (κ2) is 5.31.